The van der Waals surface area contributed by atoms with E-state index in [1.54, 1.807) is 0 Å². The van der Waals surface area contributed by atoms with Crippen molar-refractivity contribution in [3.63, 3.8) is 0 Å². The number of benzene rings is 1. The summed E-state index contributed by atoms with van der Waals surface area (Å²) in [4.78, 5) is 13.9. The average molecular weight is 264 g/mol. The summed E-state index contributed by atoms with van der Waals surface area (Å²) in [7, 11) is 3.99. The van der Waals surface area contributed by atoms with Crippen molar-refractivity contribution in [1.29, 1.82) is 0 Å². The van der Waals surface area contributed by atoms with Crippen molar-refractivity contribution in [2.75, 3.05) is 27.2 Å². The van der Waals surface area contributed by atoms with Crippen LogP contribution in [0.25, 0.3) is 0 Å². The molecule has 1 amide bonds. The topological polar surface area (TPSA) is 41.6 Å². The van der Waals surface area contributed by atoms with Crippen molar-refractivity contribution < 1.29 is 9.53 Å². The van der Waals surface area contributed by atoms with Crippen molar-refractivity contribution in [2.24, 2.45) is 0 Å². The van der Waals surface area contributed by atoms with E-state index in [4.69, 9.17) is 4.74 Å². The lowest BCUT2D eigenvalue weighted by molar-refractivity contribution is -0.128. The molecule has 0 bridgehead atoms. The first-order valence-electron chi connectivity index (χ1n) is 6.59. The number of carbonyl (C=O) groups is 1. The van der Waals surface area contributed by atoms with Crippen LogP contribution in [-0.4, -0.2) is 44.2 Å². The molecule has 1 aromatic rings. The highest BCUT2D eigenvalue weighted by Gasteiger charge is 2.15. The summed E-state index contributed by atoms with van der Waals surface area (Å²) in [5.74, 6) is -0.0793. The van der Waals surface area contributed by atoms with Gasteiger partial charge >= 0.3 is 0 Å². The predicted molar refractivity (Wildman–Crippen MR) is 77.0 cm³/mol. The van der Waals surface area contributed by atoms with Crippen molar-refractivity contribution in [1.82, 2.24) is 10.2 Å². The highest BCUT2D eigenvalue weighted by Crippen LogP contribution is 2.13. The Hall–Kier alpha value is -1.39. The van der Waals surface area contributed by atoms with E-state index in [0.717, 1.165) is 12.1 Å². The zero-order valence-electron chi connectivity index (χ0n) is 12.2. The summed E-state index contributed by atoms with van der Waals surface area (Å²) in [5.41, 5.74) is 1.11. The molecular weight excluding hydrogens is 240 g/mol. The Morgan fingerprint density at radius 3 is 2.42 bits per heavy atom. The van der Waals surface area contributed by atoms with Gasteiger partial charge in [0.25, 0.3) is 0 Å². The molecule has 4 heteroatoms. The second-order valence-corrected chi connectivity index (χ2v) is 5.15. The zero-order valence-corrected chi connectivity index (χ0v) is 12.2. The van der Waals surface area contributed by atoms with Crippen LogP contribution in [0.2, 0.25) is 0 Å². The summed E-state index contributed by atoms with van der Waals surface area (Å²) < 4.78 is 5.32. The van der Waals surface area contributed by atoms with E-state index >= 15 is 0 Å². The molecule has 0 heterocycles. The zero-order chi connectivity index (χ0) is 14.3. The van der Waals surface area contributed by atoms with Crippen LogP contribution in [-0.2, 0) is 9.53 Å². The van der Waals surface area contributed by atoms with Gasteiger partial charge in [-0.15, -0.1) is 0 Å². The van der Waals surface area contributed by atoms with Crippen molar-refractivity contribution >= 4 is 5.91 Å². The highest BCUT2D eigenvalue weighted by molar-refractivity contribution is 5.77. The first-order chi connectivity index (χ1) is 8.99. The van der Waals surface area contributed by atoms with Crippen LogP contribution in [0.15, 0.2) is 30.3 Å². The Morgan fingerprint density at radius 1 is 1.26 bits per heavy atom. The van der Waals surface area contributed by atoms with Gasteiger partial charge in [-0.3, -0.25) is 4.79 Å². The molecule has 4 nitrogen and oxygen atoms in total. The minimum Gasteiger partial charge on any atom is -0.369 e. The molecule has 0 fully saturated rings. The minimum absolute atomic E-state index is 0.0144. The van der Waals surface area contributed by atoms with Gasteiger partial charge in [-0.05, 0) is 33.5 Å². The number of hydrogen-bond donors (Lipinski definition) is 1. The summed E-state index contributed by atoms with van der Waals surface area (Å²) in [6, 6.07) is 9.97. The van der Waals surface area contributed by atoms with Crippen LogP contribution in [0.4, 0.5) is 0 Å². The number of carbonyl (C=O) groups excluding carboxylic acids is 1. The van der Waals surface area contributed by atoms with E-state index in [1.165, 1.54) is 0 Å². The fourth-order valence-electron chi connectivity index (χ4n) is 1.76. The molecule has 1 N–H and O–H groups in total. The smallest absolute Gasteiger partial charge is 0.246 e. The fourth-order valence-corrected chi connectivity index (χ4v) is 1.76. The molecule has 106 valence electrons. The normalized spacial score (nSPS) is 12.7. The van der Waals surface area contributed by atoms with Crippen molar-refractivity contribution in [3.05, 3.63) is 35.9 Å². The third-order valence-electron chi connectivity index (χ3n) is 2.63. The molecule has 0 saturated carbocycles. The van der Waals surface area contributed by atoms with Gasteiger partial charge in [0, 0.05) is 6.54 Å². The van der Waals surface area contributed by atoms with E-state index in [-0.39, 0.29) is 24.7 Å². The Kier molecular flexibility index (Phi) is 6.53. The molecule has 1 rings (SSSR count). The summed E-state index contributed by atoms with van der Waals surface area (Å²) in [6.07, 6.45) is 0.0646. The highest BCUT2D eigenvalue weighted by atomic mass is 16.5. The van der Waals surface area contributed by atoms with Gasteiger partial charge < -0.3 is 15.0 Å². The van der Waals surface area contributed by atoms with Crippen LogP contribution >= 0.6 is 0 Å². The van der Waals surface area contributed by atoms with Crippen LogP contribution in [0.5, 0.6) is 0 Å². The molecular formula is C15H24N2O2. The minimum atomic E-state index is -0.0793. The van der Waals surface area contributed by atoms with Gasteiger partial charge in [0.1, 0.15) is 6.61 Å². The Bertz CT molecular complexity index is 377. The van der Waals surface area contributed by atoms with Gasteiger partial charge in [0.2, 0.25) is 5.91 Å². The Morgan fingerprint density at radius 2 is 1.89 bits per heavy atom. The number of ether oxygens (including phenoxy) is 1. The maximum absolute atomic E-state index is 11.9. The van der Waals surface area contributed by atoms with E-state index in [1.807, 2.05) is 58.3 Å². The largest absolute Gasteiger partial charge is 0.369 e. The van der Waals surface area contributed by atoms with E-state index in [0.29, 0.717) is 0 Å². The SMILES string of the molecule is CC(C)OCC(=O)NC(CN(C)C)c1ccccc1. The average Bonchev–Trinajstić information content (AvgIpc) is 2.36. The molecule has 19 heavy (non-hydrogen) atoms. The fraction of sp³-hybridized carbons (Fsp3) is 0.533. The number of amides is 1. The third kappa shape index (κ3) is 6.36. The lowest BCUT2D eigenvalue weighted by atomic mass is 10.1. The standard InChI is InChI=1S/C15H24N2O2/c1-12(2)19-11-15(18)16-14(10-17(3)4)13-8-6-5-7-9-13/h5-9,12,14H,10-11H2,1-4H3,(H,16,18). The van der Waals surface area contributed by atoms with Crippen LogP contribution in [0.1, 0.15) is 25.5 Å². The number of likely N-dealkylation sites (N-methyl/N-ethyl adjacent to an activating group) is 1. The van der Waals surface area contributed by atoms with Gasteiger partial charge in [-0.1, -0.05) is 30.3 Å². The first kappa shape index (κ1) is 15.7. The van der Waals surface area contributed by atoms with Crippen molar-refractivity contribution in [2.45, 2.75) is 26.0 Å². The van der Waals surface area contributed by atoms with Crippen LogP contribution in [0, 0.1) is 0 Å². The molecule has 0 spiro atoms. The van der Waals surface area contributed by atoms with Gasteiger partial charge in [-0.2, -0.15) is 0 Å². The molecule has 1 atom stereocenters. The number of rotatable bonds is 7. The molecule has 0 aliphatic carbocycles. The number of nitrogens with one attached hydrogen (secondary N) is 1. The number of nitrogens with zero attached hydrogens (tertiary/aromatic N) is 1. The second kappa shape index (κ2) is 7.92. The van der Waals surface area contributed by atoms with Crippen LogP contribution in [0.3, 0.4) is 0 Å². The molecule has 1 unspecified atom stereocenters. The predicted octanol–water partition coefficient (Wildman–Crippen LogP) is 1.83. The van der Waals surface area contributed by atoms with E-state index < -0.39 is 0 Å². The monoisotopic (exact) mass is 264 g/mol. The summed E-state index contributed by atoms with van der Waals surface area (Å²) >= 11 is 0. The molecule has 0 saturated heterocycles. The lowest BCUT2D eigenvalue weighted by Gasteiger charge is -2.23. The quantitative estimate of drug-likeness (QED) is 0.817. The second-order valence-electron chi connectivity index (χ2n) is 5.15. The maximum Gasteiger partial charge on any atom is 0.246 e. The van der Waals surface area contributed by atoms with E-state index in [2.05, 4.69) is 10.2 Å². The molecule has 1 aromatic carbocycles. The van der Waals surface area contributed by atoms with Gasteiger partial charge in [-0.25, -0.2) is 0 Å². The first-order valence-corrected chi connectivity index (χ1v) is 6.59. The van der Waals surface area contributed by atoms with Gasteiger partial charge in [0.05, 0.1) is 12.1 Å². The molecule has 0 aliphatic heterocycles. The lowest BCUT2D eigenvalue weighted by Crippen LogP contribution is -2.37. The van der Waals surface area contributed by atoms with E-state index in [9.17, 15) is 4.79 Å². The molecule has 0 radical (unpaired) electrons. The Balaban J connectivity index is 2.62. The Labute approximate surface area is 115 Å². The summed E-state index contributed by atoms with van der Waals surface area (Å²) in [5, 5.41) is 3.01. The summed E-state index contributed by atoms with van der Waals surface area (Å²) in [6.45, 7) is 4.70. The molecule has 0 aliphatic rings. The molecule has 0 aromatic heterocycles. The van der Waals surface area contributed by atoms with Crippen molar-refractivity contribution in [3.8, 4) is 0 Å². The third-order valence-corrected chi connectivity index (χ3v) is 2.63. The van der Waals surface area contributed by atoms with Crippen LogP contribution < -0.4 is 5.32 Å². The number of hydrogen-bond acceptors (Lipinski definition) is 3. The maximum atomic E-state index is 11.9. The van der Waals surface area contributed by atoms with Gasteiger partial charge in [0.15, 0.2) is 0 Å².